The molecule has 0 atom stereocenters. The molecule has 1 aliphatic rings. The minimum atomic E-state index is -0.382. The number of carbonyl (C=O) groups excluding carboxylic acids is 1. The maximum absolute atomic E-state index is 12.4. The van der Waals surface area contributed by atoms with Gasteiger partial charge in [-0.1, -0.05) is 19.3 Å². The lowest BCUT2D eigenvalue weighted by Crippen LogP contribution is -2.14. The second-order valence-corrected chi connectivity index (χ2v) is 7.93. The molecule has 6 nitrogen and oxygen atoms in total. The van der Waals surface area contributed by atoms with Crippen LogP contribution in [0.1, 0.15) is 42.5 Å². The number of nitrogens with zero attached hydrogens (tertiary/aromatic N) is 4. The summed E-state index contributed by atoms with van der Waals surface area (Å²) in [6.45, 7) is 0.942. The van der Waals surface area contributed by atoms with Gasteiger partial charge in [-0.15, -0.1) is 0 Å². The number of ether oxygens (including phenoxy) is 1. The summed E-state index contributed by atoms with van der Waals surface area (Å²) in [5.41, 5.74) is 2.82. The number of rotatable bonds is 4. The Bertz CT molecular complexity index is 940. The van der Waals surface area contributed by atoms with Crippen LogP contribution < -0.4 is 0 Å². The lowest BCUT2D eigenvalue weighted by Gasteiger charge is -2.21. The summed E-state index contributed by atoms with van der Waals surface area (Å²) in [5, 5.41) is 4.53. The Balaban J connectivity index is 1.71. The number of pyridine rings is 1. The van der Waals surface area contributed by atoms with Crippen molar-refractivity contribution in [3.8, 4) is 11.1 Å². The second kappa shape index (κ2) is 7.38. The van der Waals surface area contributed by atoms with Gasteiger partial charge in [-0.05, 0) is 47.4 Å². The van der Waals surface area contributed by atoms with Crippen molar-refractivity contribution in [3.05, 3.63) is 40.1 Å². The van der Waals surface area contributed by atoms with Crippen molar-refractivity contribution in [3.63, 3.8) is 0 Å². The van der Waals surface area contributed by atoms with Crippen LogP contribution in [0.2, 0.25) is 0 Å². The van der Waals surface area contributed by atoms with Crippen LogP contribution >= 0.6 is 22.6 Å². The van der Waals surface area contributed by atoms with Crippen LogP contribution in [0.4, 0.5) is 0 Å². The average molecular weight is 464 g/mol. The van der Waals surface area contributed by atoms with E-state index in [0.717, 1.165) is 21.4 Å². The van der Waals surface area contributed by atoms with Crippen molar-refractivity contribution in [1.29, 1.82) is 0 Å². The molecule has 3 heterocycles. The predicted octanol–water partition coefficient (Wildman–Crippen LogP) is 4.17. The zero-order valence-electron chi connectivity index (χ0n) is 14.7. The normalized spacial score (nSPS) is 15.5. The van der Waals surface area contributed by atoms with Gasteiger partial charge < -0.3 is 4.74 Å². The Kier molecular flexibility index (Phi) is 4.97. The zero-order chi connectivity index (χ0) is 18.1. The molecule has 0 unspecified atom stereocenters. The predicted molar refractivity (Wildman–Crippen MR) is 107 cm³/mol. The van der Waals surface area contributed by atoms with Crippen LogP contribution in [-0.4, -0.2) is 32.2 Å². The molecular weight excluding hydrogens is 443 g/mol. The quantitative estimate of drug-likeness (QED) is 0.430. The highest BCUT2D eigenvalue weighted by atomic mass is 127. The van der Waals surface area contributed by atoms with Crippen LogP contribution in [0.15, 0.2) is 30.9 Å². The Morgan fingerprint density at radius 2 is 2.12 bits per heavy atom. The first-order valence-corrected chi connectivity index (χ1v) is 10.0. The van der Waals surface area contributed by atoms with Crippen LogP contribution in [0.5, 0.6) is 0 Å². The lowest BCUT2D eigenvalue weighted by atomic mass is 9.89. The molecule has 0 N–H and O–H groups in total. The van der Waals surface area contributed by atoms with Gasteiger partial charge in [0, 0.05) is 30.1 Å². The second-order valence-electron chi connectivity index (χ2n) is 6.83. The highest BCUT2D eigenvalue weighted by molar-refractivity contribution is 14.1. The molecule has 3 aromatic heterocycles. The van der Waals surface area contributed by atoms with E-state index in [1.54, 1.807) is 6.20 Å². The molecule has 26 heavy (non-hydrogen) atoms. The third-order valence-electron chi connectivity index (χ3n) is 5.14. The largest absolute Gasteiger partial charge is 0.465 e. The number of aromatic nitrogens is 4. The summed E-state index contributed by atoms with van der Waals surface area (Å²) in [6, 6.07) is 1.94. The molecule has 1 saturated carbocycles. The number of hydrogen-bond donors (Lipinski definition) is 0. The summed E-state index contributed by atoms with van der Waals surface area (Å²) < 4.78 is 9.87. The van der Waals surface area contributed by atoms with E-state index < -0.39 is 0 Å². The molecule has 1 fully saturated rings. The van der Waals surface area contributed by atoms with E-state index in [-0.39, 0.29) is 5.97 Å². The van der Waals surface area contributed by atoms with Gasteiger partial charge in [0.1, 0.15) is 9.26 Å². The molecule has 4 rings (SSSR count). The van der Waals surface area contributed by atoms with Crippen LogP contribution in [-0.2, 0) is 11.3 Å². The fourth-order valence-electron chi connectivity index (χ4n) is 3.80. The summed E-state index contributed by atoms with van der Waals surface area (Å²) in [5.74, 6) is 0.320. The summed E-state index contributed by atoms with van der Waals surface area (Å²) in [4.78, 5) is 16.9. The van der Waals surface area contributed by atoms with E-state index in [4.69, 9.17) is 4.74 Å². The molecule has 0 spiro atoms. The van der Waals surface area contributed by atoms with Gasteiger partial charge in [-0.25, -0.2) is 9.78 Å². The van der Waals surface area contributed by atoms with Crippen molar-refractivity contribution < 1.29 is 9.53 Å². The molecule has 0 saturated heterocycles. The number of carbonyl (C=O) groups is 1. The number of hydrogen-bond acceptors (Lipinski definition) is 4. The highest BCUT2D eigenvalue weighted by Gasteiger charge is 2.21. The van der Waals surface area contributed by atoms with Crippen molar-refractivity contribution in [1.82, 2.24) is 19.2 Å². The van der Waals surface area contributed by atoms with Crippen LogP contribution in [0.25, 0.3) is 16.8 Å². The van der Waals surface area contributed by atoms with Gasteiger partial charge in [0.05, 0.1) is 19.5 Å². The zero-order valence-corrected chi connectivity index (χ0v) is 16.8. The average Bonchev–Trinajstić information content (AvgIpc) is 3.28. The monoisotopic (exact) mass is 464 g/mol. The summed E-state index contributed by atoms with van der Waals surface area (Å²) in [6.07, 6.45) is 14.1. The van der Waals surface area contributed by atoms with E-state index in [2.05, 4.69) is 32.7 Å². The molecule has 0 aliphatic heterocycles. The maximum Gasteiger partial charge on any atom is 0.342 e. The molecule has 0 bridgehead atoms. The van der Waals surface area contributed by atoms with E-state index in [0.29, 0.717) is 17.1 Å². The van der Waals surface area contributed by atoms with E-state index in [1.165, 1.54) is 39.2 Å². The molecular formula is C19H21IN4O2. The first-order chi connectivity index (χ1) is 12.7. The molecule has 0 amide bonds. The van der Waals surface area contributed by atoms with Crippen molar-refractivity contribution in [2.24, 2.45) is 5.92 Å². The van der Waals surface area contributed by atoms with E-state index >= 15 is 0 Å². The Labute approximate surface area is 165 Å². The number of esters is 1. The topological polar surface area (TPSA) is 61.4 Å². The van der Waals surface area contributed by atoms with E-state index in [1.807, 2.05) is 33.7 Å². The van der Waals surface area contributed by atoms with Crippen LogP contribution in [0.3, 0.4) is 0 Å². The van der Waals surface area contributed by atoms with E-state index in [9.17, 15) is 4.79 Å². The smallest absolute Gasteiger partial charge is 0.342 e. The Morgan fingerprint density at radius 3 is 2.88 bits per heavy atom. The highest BCUT2D eigenvalue weighted by Crippen LogP contribution is 2.29. The molecule has 3 aromatic rings. The number of halogens is 1. The minimum Gasteiger partial charge on any atom is -0.465 e. The molecule has 136 valence electrons. The standard InChI is InChI=1S/C19H21IN4O2/c1-26-19(25)17-15(7-8-24-16(20)10-21-18(17)24)14-9-22-23(12-14)11-13-5-3-2-4-6-13/h7-10,12-13H,2-6,11H2,1H3. The van der Waals surface area contributed by atoms with Crippen molar-refractivity contribution in [2.75, 3.05) is 7.11 Å². The number of fused-ring (bicyclic) bond motifs is 1. The Morgan fingerprint density at radius 1 is 1.31 bits per heavy atom. The van der Waals surface area contributed by atoms with Gasteiger partial charge in [-0.3, -0.25) is 9.08 Å². The van der Waals surface area contributed by atoms with Gasteiger partial charge in [0.15, 0.2) is 5.65 Å². The van der Waals surface area contributed by atoms with Gasteiger partial charge in [0.2, 0.25) is 0 Å². The molecule has 1 aliphatic carbocycles. The molecule has 7 heteroatoms. The number of methoxy groups -OCH3 is 1. The fraction of sp³-hybridized carbons (Fsp3) is 0.421. The third-order valence-corrected chi connectivity index (χ3v) is 5.94. The van der Waals surface area contributed by atoms with Gasteiger partial charge >= 0.3 is 5.97 Å². The van der Waals surface area contributed by atoms with Gasteiger partial charge in [-0.2, -0.15) is 5.10 Å². The molecule has 0 aromatic carbocycles. The first-order valence-electron chi connectivity index (χ1n) is 8.94. The maximum atomic E-state index is 12.4. The molecule has 0 radical (unpaired) electrons. The Hall–Kier alpha value is -1.90. The van der Waals surface area contributed by atoms with Gasteiger partial charge in [0.25, 0.3) is 0 Å². The summed E-state index contributed by atoms with van der Waals surface area (Å²) >= 11 is 2.20. The fourth-order valence-corrected chi connectivity index (χ4v) is 4.33. The first kappa shape index (κ1) is 17.5. The number of imidazole rings is 1. The summed E-state index contributed by atoms with van der Waals surface area (Å²) in [7, 11) is 1.40. The van der Waals surface area contributed by atoms with Crippen molar-refractivity contribution in [2.45, 2.75) is 38.6 Å². The SMILES string of the molecule is COC(=O)c1c(-c2cnn(CC3CCCCC3)c2)ccn2c(I)cnc12. The lowest BCUT2D eigenvalue weighted by molar-refractivity contribution is 0.0603. The van der Waals surface area contributed by atoms with Crippen molar-refractivity contribution >= 4 is 34.2 Å². The van der Waals surface area contributed by atoms with Crippen LogP contribution in [0, 0.1) is 9.62 Å². The minimum absolute atomic E-state index is 0.382. The third kappa shape index (κ3) is 3.24.